The van der Waals surface area contributed by atoms with Crippen molar-refractivity contribution in [2.24, 2.45) is 5.92 Å². The van der Waals surface area contributed by atoms with Crippen LogP contribution in [0.2, 0.25) is 0 Å². The molecule has 5 heteroatoms. The number of hydrogen-bond acceptors (Lipinski definition) is 3. The SMILES string of the molecule is COc1ccc(CCC(=O)NCc2cccc(NC(=O)C3CCCC3)c2)cc1. The molecule has 2 amide bonds. The first-order valence-electron chi connectivity index (χ1n) is 9.93. The number of methoxy groups -OCH3 is 1. The highest BCUT2D eigenvalue weighted by molar-refractivity contribution is 5.92. The highest BCUT2D eigenvalue weighted by atomic mass is 16.5. The maximum Gasteiger partial charge on any atom is 0.227 e. The molecule has 0 unspecified atom stereocenters. The molecule has 1 aliphatic carbocycles. The number of aryl methyl sites for hydroxylation is 1. The van der Waals surface area contributed by atoms with E-state index in [0.29, 0.717) is 19.4 Å². The fourth-order valence-electron chi connectivity index (χ4n) is 3.53. The minimum atomic E-state index is 0.0104. The van der Waals surface area contributed by atoms with E-state index in [1.165, 1.54) is 0 Å². The second-order valence-electron chi connectivity index (χ2n) is 7.30. The number of amides is 2. The molecule has 2 aromatic rings. The van der Waals surface area contributed by atoms with Crippen LogP contribution in [0.25, 0.3) is 0 Å². The summed E-state index contributed by atoms with van der Waals surface area (Å²) >= 11 is 0. The molecule has 1 aliphatic rings. The Balaban J connectivity index is 1.44. The summed E-state index contributed by atoms with van der Waals surface area (Å²) in [6.07, 6.45) is 5.37. The second-order valence-corrected chi connectivity index (χ2v) is 7.30. The van der Waals surface area contributed by atoms with Crippen molar-refractivity contribution in [2.45, 2.75) is 45.1 Å². The average molecular weight is 380 g/mol. The van der Waals surface area contributed by atoms with Gasteiger partial charge in [0.1, 0.15) is 5.75 Å². The van der Waals surface area contributed by atoms with E-state index in [0.717, 1.165) is 48.2 Å². The number of ether oxygens (including phenoxy) is 1. The van der Waals surface area contributed by atoms with Gasteiger partial charge in [-0.3, -0.25) is 9.59 Å². The molecule has 0 saturated heterocycles. The number of benzene rings is 2. The predicted molar refractivity (Wildman–Crippen MR) is 110 cm³/mol. The molecule has 0 bridgehead atoms. The van der Waals surface area contributed by atoms with Gasteiger partial charge in [-0.2, -0.15) is 0 Å². The Kier molecular flexibility index (Phi) is 7.06. The summed E-state index contributed by atoms with van der Waals surface area (Å²) in [6.45, 7) is 0.453. The Labute approximate surface area is 166 Å². The standard InChI is InChI=1S/C23H28N2O3/c1-28-21-12-9-17(10-13-21)11-14-22(26)24-16-18-5-4-8-20(15-18)25-23(27)19-6-2-3-7-19/h4-5,8-10,12-13,15,19H,2-3,6-7,11,14,16H2,1H3,(H,24,26)(H,25,27). The van der Waals surface area contributed by atoms with Gasteiger partial charge in [-0.1, -0.05) is 37.1 Å². The summed E-state index contributed by atoms with van der Waals surface area (Å²) < 4.78 is 5.14. The van der Waals surface area contributed by atoms with Crippen molar-refractivity contribution in [1.82, 2.24) is 5.32 Å². The number of hydrogen-bond donors (Lipinski definition) is 2. The fraction of sp³-hybridized carbons (Fsp3) is 0.391. The summed E-state index contributed by atoms with van der Waals surface area (Å²) in [5.41, 5.74) is 2.87. The van der Waals surface area contributed by atoms with Gasteiger partial charge in [0.15, 0.2) is 0 Å². The zero-order valence-corrected chi connectivity index (χ0v) is 16.4. The lowest BCUT2D eigenvalue weighted by molar-refractivity contribution is -0.121. The largest absolute Gasteiger partial charge is 0.497 e. The first-order valence-corrected chi connectivity index (χ1v) is 9.93. The minimum absolute atomic E-state index is 0.0104. The Hall–Kier alpha value is -2.82. The van der Waals surface area contributed by atoms with Crippen LogP contribution in [0.15, 0.2) is 48.5 Å². The van der Waals surface area contributed by atoms with E-state index in [1.807, 2.05) is 48.5 Å². The van der Waals surface area contributed by atoms with Gasteiger partial charge in [0.2, 0.25) is 11.8 Å². The normalized spacial score (nSPS) is 13.9. The molecule has 2 N–H and O–H groups in total. The van der Waals surface area contributed by atoms with Crippen molar-refractivity contribution in [3.8, 4) is 5.75 Å². The number of carbonyl (C=O) groups excluding carboxylic acids is 2. The Morgan fingerprint density at radius 3 is 2.50 bits per heavy atom. The third-order valence-electron chi connectivity index (χ3n) is 5.21. The molecule has 3 rings (SSSR count). The third-order valence-corrected chi connectivity index (χ3v) is 5.21. The van der Waals surface area contributed by atoms with Gasteiger partial charge in [0.25, 0.3) is 0 Å². The van der Waals surface area contributed by atoms with Gasteiger partial charge in [-0.25, -0.2) is 0 Å². The molecule has 148 valence electrons. The van der Waals surface area contributed by atoms with Gasteiger partial charge in [-0.15, -0.1) is 0 Å². The highest BCUT2D eigenvalue weighted by Crippen LogP contribution is 2.26. The van der Waals surface area contributed by atoms with Gasteiger partial charge in [0, 0.05) is 24.6 Å². The average Bonchev–Trinajstić information content (AvgIpc) is 3.26. The third kappa shape index (κ3) is 5.84. The van der Waals surface area contributed by atoms with E-state index in [4.69, 9.17) is 4.74 Å². The molecule has 2 aromatic carbocycles. The fourth-order valence-corrected chi connectivity index (χ4v) is 3.53. The lowest BCUT2D eigenvalue weighted by atomic mass is 10.1. The summed E-state index contributed by atoms with van der Waals surface area (Å²) in [4.78, 5) is 24.4. The van der Waals surface area contributed by atoms with E-state index in [2.05, 4.69) is 10.6 Å². The van der Waals surface area contributed by atoms with Crippen LogP contribution in [0, 0.1) is 5.92 Å². The smallest absolute Gasteiger partial charge is 0.227 e. The molecule has 1 saturated carbocycles. The second kappa shape index (κ2) is 9.93. The predicted octanol–water partition coefficient (Wildman–Crippen LogP) is 4.07. The van der Waals surface area contributed by atoms with E-state index < -0.39 is 0 Å². The Morgan fingerprint density at radius 1 is 1.04 bits per heavy atom. The molecule has 1 fully saturated rings. The molecular formula is C23H28N2O3. The van der Waals surface area contributed by atoms with Crippen molar-refractivity contribution in [3.05, 3.63) is 59.7 Å². The highest BCUT2D eigenvalue weighted by Gasteiger charge is 2.22. The molecule has 0 aromatic heterocycles. The number of anilines is 1. The van der Waals surface area contributed by atoms with Crippen molar-refractivity contribution < 1.29 is 14.3 Å². The zero-order valence-electron chi connectivity index (χ0n) is 16.4. The molecule has 0 heterocycles. The zero-order chi connectivity index (χ0) is 19.8. The van der Waals surface area contributed by atoms with Crippen LogP contribution in [-0.2, 0) is 22.6 Å². The van der Waals surface area contributed by atoms with Crippen LogP contribution in [0.4, 0.5) is 5.69 Å². The van der Waals surface area contributed by atoms with Gasteiger partial charge < -0.3 is 15.4 Å². The van der Waals surface area contributed by atoms with Crippen LogP contribution < -0.4 is 15.4 Å². The molecule has 28 heavy (non-hydrogen) atoms. The van der Waals surface area contributed by atoms with Gasteiger partial charge in [-0.05, 0) is 54.7 Å². The number of carbonyl (C=O) groups is 2. The van der Waals surface area contributed by atoms with E-state index >= 15 is 0 Å². The maximum atomic E-state index is 12.3. The van der Waals surface area contributed by atoms with Crippen molar-refractivity contribution in [1.29, 1.82) is 0 Å². The summed E-state index contributed by atoms with van der Waals surface area (Å²) in [6, 6.07) is 15.4. The lowest BCUT2D eigenvalue weighted by Gasteiger charge is -2.12. The van der Waals surface area contributed by atoms with Crippen molar-refractivity contribution in [2.75, 3.05) is 12.4 Å². The Morgan fingerprint density at radius 2 is 1.79 bits per heavy atom. The summed E-state index contributed by atoms with van der Waals surface area (Å²) in [5, 5.41) is 5.96. The molecule has 0 atom stereocenters. The monoisotopic (exact) mass is 380 g/mol. The van der Waals surface area contributed by atoms with Crippen LogP contribution >= 0.6 is 0 Å². The van der Waals surface area contributed by atoms with Crippen LogP contribution in [-0.4, -0.2) is 18.9 Å². The number of rotatable bonds is 8. The maximum absolute atomic E-state index is 12.3. The molecule has 5 nitrogen and oxygen atoms in total. The summed E-state index contributed by atoms with van der Waals surface area (Å²) in [7, 11) is 1.64. The topological polar surface area (TPSA) is 67.4 Å². The molecule has 0 radical (unpaired) electrons. The molecular weight excluding hydrogens is 352 g/mol. The quantitative estimate of drug-likeness (QED) is 0.725. The lowest BCUT2D eigenvalue weighted by Crippen LogP contribution is -2.23. The van der Waals surface area contributed by atoms with Crippen LogP contribution in [0.5, 0.6) is 5.75 Å². The first-order chi connectivity index (χ1) is 13.6. The molecule has 0 spiro atoms. The van der Waals surface area contributed by atoms with Gasteiger partial charge >= 0.3 is 0 Å². The van der Waals surface area contributed by atoms with E-state index in [9.17, 15) is 9.59 Å². The van der Waals surface area contributed by atoms with Crippen LogP contribution in [0.1, 0.15) is 43.2 Å². The van der Waals surface area contributed by atoms with Crippen LogP contribution in [0.3, 0.4) is 0 Å². The summed E-state index contributed by atoms with van der Waals surface area (Å²) in [5.74, 6) is 1.07. The van der Waals surface area contributed by atoms with Crippen molar-refractivity contribution >= 4 is 17.5 Å². The van der Waals surface area contributed by atoms with Gasteiger partial charge in [0.05, 0.1) is 7.11 Å². The Bertz CT molecular complexity index is 796. The van der Waals surface area contributed by atoms with Crippen molar-refractivity contribution in [3.63, 3.8) is 0 Å². The molecule has 0 aliphatic heterocycles. The minimum Gasteiger partial charge on any atom is -0.497 e. The van der Waals surface area contributed by atoms with E-state index in [1.54, 1.807) is 7.11 Å². The first kappa shape index (κ1) is 19.9. The van der Waals surface area contributed by atoms with E-state index in [-0.39, 0.29) is 17.7 Å². The number of nitrogens with one attached hydrogen (secondary N) is 2.